The minimum atomic E-state index is 0.0938. The maximum absolute atomic E-state index is 5.36. The summed E-state index contributed by atoms with van der Waals surface area (Å²) in [6, 6.07) is 0. The van der Waals surface area contributed by atoms with Crippen molar-refractivity contribution in [1.29, 1.82) is 0 Å². The van der Waals surface area contributed by atoms with Crippen molar-refractivity contribution in [2.45, 2.75) is 13.3 Å². The molecule has 0 atom stereocenters. The number of quaternary nitrogens is 1. The third-order valence-corrected chi connectivity index (χ3v) is 0.705. The molecule has 7 heavy (non-hydrogen) atoms. The Labute approximate surface area is 44.4 Å². The molecule has 4 N–H and O–H groups in total. The van der Waals surface area contributed by atoms with Gasteiger partial charge in [0.2, 0.25) is 0 Å². The second-order valence-electron chi connectivity index (χ2n) is 2.07. The van der Waals surface area contributed by atoms with Gasteiger partial charge < -0.3 is 0 Å². The van der Waals surface area contributed by atoms with Gasteiger partial charge in [-0.2, -0.15) is 16.4 Å². The van der Waals surface area contributed by atoms with E-state index < -0.39 is 0 Å². The van der Waals surface area contributed by atoms with Crippen molar-refractivity contribution in [2.75, 3.05) is 13.6 Å². The molecule has 0 radical (unpaired) electrons. The Morgan fingerprint density at radius 1 is 1.43 bits per heavy atom. The fraction of sp³-hybridized carbons (Fsp3) is 1.00. The molecule has 0 unspecified atom stereocenters. The summed E-state index contributed by atoms with van der Waals surface area (Å²) < 4.78 is 0.0938. The van der Waals surface area contributed by atoms with Gasteiger partial charge in [-0.15, -0.1) is 0 Å². The summed E-state index contributed by atoms with van der Waals surface area (Å²) in [7, 11) is 1.77. The summed E-state index contributed by atoms with van der Waals surface area (Å²) in [6.45, 7) is 2.89. The van der Waals surface area contributed by atoms with Gasteiger partial charge >= 0.3 is 0 Å². The van der Waals surface area contributed by atoms with Crippen molar-refractivity contribution >= 4 is 0 Å². The molecule has 0 aliphatic carbocycles. The van der Waals surface area contributed by atoms with Crippen LogP contribution in [0.25, 0.3) is 0 Å². The zero-order valence-electron chi connectivity index (χ0n) is 5.02. The first-order valence-electron chi connectivity index (χ1n) is 2.49. The van der Waals surface area contributed by atoms with Gasteiger partial charge in [0.05, 0.1) is 0 Å². The van der Waals surface area contributed by atoms with Crippen molar-refractivity contribution in [2.24, 2.45) is 11.7 Å². The van der Waals surface area contributed by atoms with Crippen molar-refractivity contribution in [3.63, 3.8) is 0 Å². The largest absolute Gasteiger partial charge is 0.179 e. The lowest BCUT2D eigenvalue weighted by Gasteiger charge is -2.18. The zero-order valence-corrected chi connectivity index (χ0v) is 5.02. The Morgan fingerprint density at radius 2 is 1.86 bits per heavy atom. The van der Waals surface area contributed by atoms with Gasteiger partial charge in [0.1, 0.15) is 13.6 Å². The molecule has 0 aliphatic rings. The van der Waals surface area contributed by atoms with Gasteiger partial charge in [-0.1, -0.05) is 6.92 Å². The van der Waals surface area contributed by atoms with Crippen molar-refractivity contribution in [3.05, 3.63) is 0 Å². The molecule has 0 heterocycles. The lowest BCUT2D eigenvalue weighted by molar-refractivity contribution is -0.933. The molecule has 0 amide bonds. The van der Waals surface area contributed by atoms with Crippen LogP contribution in [0.15, 0.2) is 0 Å². The molecule has 3 heteroatoms. The average Bonchev–Trinajstić information content (AvgIpc) is 1.30. The molecule has 0 bridgehead atoms. The number of nitrogens with two attached hydrogens (primary N) is 2. The smallest absolute Gasteiger partial charge is 0.114 e. The van der Waals surface area contributed by atoms with Gasteiger partial charge in [-0.05, 0) is 6.42 Å². The molecule has 0 aromatic heterocycles. The summed E-state index contributed by atoms with van der Waals surface area (Å²) in [5, 5.41) is 0. The minimum absolute atomic E-state index is 0.0938. The predicted octanol–water partition coefficient (Wildman–Crippen LogP) is -0.410. The fourth-order valence-corrected chi connectivity index (χ4v) is 0.482. The van der Waals surface area contributed by atoms with E-state index in [1.54, 1.807) is 7.05 Å². The Kier molecular flexibility index (Phi) is 2.22. The van der Waals surface area contributed by atoms with Crippen LogP contribution in [0.1, 0.15) is 13.3 Å². The zero-order chi connectivity index (χ0) is 5.91. The van der Waals surface area contributed by atoms with Gasteiger partial charge in [0.25, 0.3) is 0 Å². The highest BCUT2D eigenvalue weighted by Gasteiger charge is 2.04. The van der Waals surface area contributed by atoms with E-state index in [9.17, 15) is 0 Å². The van der Waals surface area contributed by atoms with Gasteiger partial charge in [-0.25, -0.2) is 0 Å². The second-order valence-corrected chi connectivity index (χ2v) is 2.07. The van der Waals surface area contributed by atoms with Gasteiger partial charge in [0.15, 0.2) is 0 Å². The van der Waals surface area contributed by atoms with E-state index >= 15 is 0 Å². The number of hydrogen-bond acceptors (Lipinski definition) is 2. The Bertz CT molecular complexity index is 45.4. The van der Waals surface area contributed by atoms with E-state index in [4.69, 9.17) is 11.7 Å². The molecule has 0 aromatic carbocycles. The Morgan fingerprint density at radius 3 is 1.86 bits per heavy atom. The van der Waals surface area contributed by atoms with E-state index in [1.165, 1.54) is 0 Å². The standard InChI is InChI=1S/C4H14N3/c1-3-4-7(2,5)6/h3-6H2,1-2H3/q+1. The highest BCUT2D eigenvalue weighted by molar-refractivity contribution is 4.17. The summed E-state index contributed by atoms with van der Waals surface area (Å²) in [5.41, 5.74) is 0. The average molecular weight is 104 g/mol. The normalized spacial score (nSPS) is 12.0. The van der Waals surface area contributed by atoms with Crippen molar-refractivity contribution in [3.8, 4) is 0 Å². The third-order valence-electron chi connectivity index (χ3n) is 0.705. The molecule has 0 aromatic rings. The van der Waals surface area contributed by atoms with E-state index in [0.29, 0.717) is 0 Å². The van der Waals surface area contributed by atoms with Crippen LogP contribution in [0, 0.1) is 0 Å². The Hall–Kier alpha value is -0.120. The number of rotatable bonds is 2. The summed E-state index contributed by atoms with van der Waals surface area (Å²) in [6.07, 6.45) is 1.03. The first kappa shape index (κ1) is 6.88. The maximum atomic E-state index is 5.36. The van der Waals surface area contributed by atoms with Crippen LogP contribution < -0.4 is 11.7 Å². The molecule has 0 rings (SSSR count). The first-order valence-corrected chi connectivity index (χ1v) is 2.49. The minimum Gasteiger partial charge on any atom is -0.179 e. The van der Waals surface area contributed by atoms with Crippen LogP contribution in [0.4, 0.5) is 0 Å². The van der Waals surface area contributed by atoms with Crippen LogP contribution in [0.2, 0.25) is 0 Å². The first-order chi connectivity index (χ1) is 3.06. The molecule has 0 fully saturated rings. The van der Waals surface area contributed by atoms with Crippen LogP contribution >= 0.6 is 0 Å². The van der Waals surface area contributed by atoms with E-state index in [0.717, 1.165) is 13.0 Å². The van der Waals surface area contributed by atoms with Gasteiger partial charge in [0, 0.05) is 0 Å². The van der Waals surface area contributed by atoms with E-state index in [-0.39, 0.29) is 4.70 Å². The van der Waals surface area contributed by atoms with Crippen LogP contribution in [0.3, 0.4) is 0 Å². The Balaban J connectivity index is 3.15. The highest BCUT2D eigenvalue weighted by atomic mass is 15.7. The van der Waals surface area contributed by atoms with E-state index in [2.05, 4.69) is 6.92 Å². The maximum Gasteiger partial charge on any atom is 0.114 e. The molecular weight excluding hydrogens is 90.1 g/mol. The van der Waals surface area contributed by atoms with Gasteiger partial charge in [-0.3, -0.25) is 0 Å². The lowest BCUT2D eigenvalue weighted by atomic mass is 10.5. The number of hydrogen-bond donors (Lipinski definition) is 2. The lowest BCUT2D eigenvalue weighted by Crippen LogP contribution is -2.57. The number of nitrogens with zero attached hydrogens (tertiary/aromatic N) is 1. The third kappa shape index (κ3) is 5.88. The summed E-state index contributed by atoms with van der Waals surface area (Å²) in [4.78, 5) is 0. The topological polar surface area (TPSA) is 52.0 Å². The molecule has 0 saturated heterocycles. The van der Waals surface area contributed by atoms with Crippen LogP contribution in [0.5, 0.6) is 0 Å². The quantitative estimate of drug-likeness (QED) is 0.284. The van der Waals surface area contributed by atoms with E-state index in [1.807, 2.05) is 0 Å². The molecule has 3 nitrogen and oxygen atoms in total. The summed E-state index contributed by atoms with van der Waals surface area (Å²) in [5.74, 6) is 10.7. The monoisotopic (exact) mass is 104 g/mol. The second kappa shape index (κ2) is 2.26. The highest BCUT2D eigenvalue weighted by Crippen LogP contribution is 1.81. The molecular formula is C4H14N3+. The molecule has 0 aliphatic heterocycles. The van der Waals surface area contributed by atoms with Crippen LogP contribution in [-0.4, -0.2) is 18.3 Å². The molecule has 0 saturated carbocycles. The molecule has 44 valence electrons. The van der Waals surface area contributed by atoms with Crippen molar-refractivity contribution in [1.82, 2.24) is 0 Å². The fourth-order valence-electron chi connectivity index (χ4n) is 0.482. The SMILES string of the molecule is CCC[N+](C)(N)N. The molecule has 0 spiro atoms. The van der Waals surface area contributed by atoms with Crippen LogP contribution in [-0.2, 0) is 0 Å². The summed E-state index contributed by atoms with van der Waals surface area (Å²) >= 11 is 0. The van der Waals surface area contributed by atoms with Crippen molar-refractivity contribution < 1.29 is 4.70 Å². The predicted molar refractivity (Wildman–Crippen MR) is 29.7 cm³/mol.